The molecule has 0 aromatic heterocycles. The molecule has 0 bridgehead atoms. The topological polar surface area (TPSA) is 112 Å². The average Bonchev–Trinajstić information content (AvgIpc) is 2.55. The zero-order valence-electron chi connectivity index (χ0n) is 12.8. The molecule has 0 saturated carbocycles. The Morgan fingerprint density at radius 3 is 2.24 bits per heavy atom. The maximum atomic E-state index is 12.9. The Morgan fingerprint density at radius 2 is 1.68 bits per heavy atom. The molecule has 25 heavy (non-hydrogen) atoms. The lowest BCUT2D eigenvalue weighted by atomic mass is 10.2. The quantitative estimate of drug-likeness (QED) is 0.702. The summed E-state index contributed by atoms with van der Waals surface area (Å²) in [6.45, 7) is -0.323. The summed E-state index contributed by atoms with van der Waals surface area (Å²) in [5.74, 6) is -2.37. The van der Waals surface area contributed by atoms with Crippen molar-refractivity contribution in [3.8, 4) is 0 Å². The van der Waals surface area contributed by atoms with Gasteiger partial charge in [0.2, 0.25) is 0 Å². The van der Waals surface area contributed by atoms with Gasteiger partial charge in [0.1, 0.15) is 0 Å². The van der Waals surface area contributed by atoms with Gasteiger partial charge in [0.05, 0.1) is 22.6 Å². The molecule has 0 unspecified atom stereocenters. The Hall–Kier alpha value is -2.39. The molecule has 0 aliphatic carbocycles. The van der Waals surface area contributed by atoms with Gasteiger partial charge in [0, 0.05) is 11.0 Å². The zero-order valence-corrected chi connectivity index (χ0v) is 15.2. The highest BCUT2D eigenvalue weighted by molar-refractivity contribution is 9.10. The van der Waals surface area contributed by atoms with Crippen LogP contribution in [0.2, 0.25) is 0 Å². The van der Waals surface area contributed by atoms with Gasteiger partial charge in [-0.15, -0.1) is 0 Å². The number of sulfonamides is 1. The van der Waals surface area contributed by atoms with Gasteiger partial charge < -0.3 is 10.2 Å². The van der Waals surface area contributed by atoms with Crippen LogP contribution in [0.1, 0.15) is 16.8 Å². The van der Waals surface area contributed by atoms with Gasteiger partial charge in [-0.05, 0) is 42.5 Å². The summed E-state index contributed by atoms with van der Waals surface area (Å²) >= 11 is 3.22. The number of rotatable bonds is 7. The summed E-state index contributed by atoms with van der Waals surface area (Å²) in [5, 5.41) is 18.0. The van der Waals surface area contributed by atoms with Crippen molar-refractivity contribution in [1.82, 2.24) is 0 Å². The molecule has 2 N–H and O–H groups in total. The largest absolute Gasteiger partial charge is 0.481 e. The number of nitrogens with zero attached hydrogens (tertiary/aromatic N) is 1. The molecule has 0 heterocycles. The molecule has 132 valence electrons. The molecular formula is C16H14BrNO6S. The number of carboxylic acids is 2. The van der Waals surface area contributed by atoms with E-state index in [-0.39, 0.29) is 22.7 Å². The molecule has 2 rings (SSSR count). The van der Waals surface area contributed by atoms with Crippen molar-refractivity contribution < 1.29 is 28.2 Å². The molecule has 0 saturated heterocycles. The fourth-order valence-electron chi connectivity index (χ4n) is 2.11. The van der Waals surface area contributed by atoms with E-state index >= 15 is 0 Å². The molecule has 0 fully saturated rings. The first-order valence-electron chi connectivity index (χ1n) is 7.05. The van der Waals surface area contributed by atoms with Crippen LogP contribution >= 0.6 is 15.9 Å². The highest BCUT2D eigenvalue weighted by Crippen LogP contribution is 2.26. The van der Waals surface area contributed by atoms with Crippen LogP contribution in [-0.4, -0.2) is 37.1 Å². The molecule has 0 radical (unpaired) electrons. The number of anilines is 1. The Kier molecular flexibility index (Phi) is 5.81. The monoisotopic (exact) mass is 427 g/mol. The Balaban J connectivity index is 2.51. The number of carboxylic acid groups (broad SMARTS) is 2. The number of hydrogen-bond donors (Lipinski definition) is 2. The van der Waals surface area contributed by atoms with E-state index in [1.807, 2.05) is 0 Å². The van der Waals surface area contributed by atoms with E-state index in [1.54, 1.807) is 12.1 Å². The van der Waals surface area contributed by atoms with Crippen LogP contribution in [-0.2, 0) is 14.8 Å². The van der Waals surface area contributed by atoms with Crippen molar-refractivity contribution in [2.75, 3.05) is 10.8 Å². The van der Waals surface area contributed by atoms with E-state index in [4.69, 9.17) is 10.2 Å². The number of aromatic carboxylic acids is 1. The van der Waals surface area contributed by atoms with Crippen LogP contribution in [0.5, 0.6) is 0 Å². The van der Waals surface area contributed by atoms with Crippen LogP contribution < -0.4 is 4.31 Å². The van der Waals surface area contributed by atoms with Crippen molar-refractivity contribution in [3.05, 3.63) is 58.6 Å². The standard InChI is InChI=1S/C16H14BrNO6S/c17-12-4-6-14(7-5-12)25(23,24)18(9-8-15(19)20)13-3-1-2-11(10-13)16(21)22/h1-7,10H,8-9H2,(H,19,20)(H,21,22). The van der Waals surface area contributed by atoms with Crippen LogP contribution in [0, 0.1) is 0 Å². The first kappa shape index (κ1) is 18.9. The van der Waals surface area contributed by atoms with Crippen LogP contribution in [0.3, 0.4) is 0 Å². The van der Waals surface area contributed by atoms with Gasteiger partial charge in [0.25, 0.3) is 10.0 Å². The maximum Gasteiger partial charge on any atom is 0.335 e. The zero-order chi connectivity index (χ0) is 18.6. The third-order valence-electron chi connectivity index (χ3n) is 3.31. The number of halogens is 1. The molecule has 2 aromatic carbocycles. The lowest BCUT2D eigenvalue weighted by Crippen LogP contribution is -2.33. The minimum Gasteiger partial charge on any atom is -0.481 e. The Bertz CT molecular complexity index is 895. The van der Waals surface area contributed by atoms with E-state index in [1.165, 1.54) is 36.4 Å². The van der Waals surface area contributed by atoms with E-state index in [9.17, 15) is 18.0 Å². The summed E-state index contributed by atoms with van der Waals surface area (Å²) in [5.41, 5.74) is -0.00657. The lowest BCUT2D eigenvalue weighted by molar-refractivity contribution is -0.136. The molecule has 0 atom stereocenters. The summed E-state index contributed by atoms with van der Waals surface area (Å²) in [4.78, 5) is 22.0. The van der Waals surface area contributed by atoms with Crippen molar-refractivity contribution >= 4 is 43.6 Å². The Labute approximate surface area is 152 Å². The van der Waals surface area contributed by atoms with Crippen molar-refractivity contribution in [2.24, 2.45) is 0 Å². The second-order valence-corrected chi connectivity index (χ2v) is 7.81. The molecule has 2 aromatic rings. The minimum atomic E-state index is -4.05. The van der Waals surface area contributed by atoms with Crippen molar-refractivity contribution in [1.29, 1.82) is 0 Å². The number of carbonyl (C=O) groups is 2. The molecular weight excluding hydrogens is 414 g/mol. The fraction of sp³-hybridized carbons (Fsp3) is 0.125. The fourth-order valence-corrected chi connectivity index (χ4v) is 3.83. The molecule has 0 spiro atoms. The average molecular weight is 428 g/mol. The summed E-state index contributed by atoms with van der Waals surface area (Å²) in [6.07, 6.45) is -0.424. The second-order valence-electron chi connectivity index (χ2n) is 5.03. The van der Waals surface area contributed by atoms with Gasteiger partial charge in [-0.1, -0.05) is 22.0 Å². The first-order valence-corrected chi connectivity index (χ1v) is 9.28. The van der Waals surface area contributed by atoms with Crippen molar-refractivity contribution in [3.63, 3.8) is 0 Å². The van der Waals surface area contributed by atoms with Crippen molar-refractivity contribution in [2.45, 2.75) is 11.3 Å². The van der Waals surface area contributed by atoms with Crippen LogP contribution in [0.25, 0.3) is 0 Å². The highest BCUT2D eigenvalue weighted by Gasteiger charge is 2.26. The smallest absolute Gasteiger partial charge is 0.335 e. The van der Waals surface area contributed by atoms with Gasteiger partial charge in [-0.2, -0.15) is 0 Å². The van der Waals surface area contributed by atoms with Gasteiger partial charge >= 0.3 is 11.9 Å². The number of hydrogen-bond acceptors (Lipinski definition) is 4. The molecule has 9 heteroatoms. The third kappa shape index (κ3) is 4.58. The Morgan fingerprint density at radius 1 is 1.04 bits per heavy atom. The molecule has 0 aliphatic rings. The van der Waals surface area contributed by atoms with Gasteiger partial charge in [-0.3, -0.25) is 9.10 Å². The SMILES string of the molecule is O=C(O)CCN(c1cccc(C(=O)O)c1)S(=O)(=O)c1ccc(Br)cc1. The number of benzene rings is 2. The maximum absolute atomic E-state index is 12.9. The molecule has 0 aliphatic heterocycles. The summed E-state index contributed by atoms with van der Waals surface area (Å²) in [7, 11) is -4.05. The molecule has 7 nitrogen and oxygen atoms in total. The summed E-state index contributed by atoms with van der Waals surface area (Å²) in [6, 6.07) is 11.2. The van der Waals surface area contributed by atoms with E-state index in [0.29, 0.717) is 4.47 Å². The predicted octanol–water partition coefficient (Wildman–Crippen LogP) is 2.82. The third-order valence-corrected chi connectivity index (χ3v) is 5.68. The van der Waals surface area contributed by atoms with Crippen LogP contribution in [0.15, 0.2) is 57.9 Å². The van der Waals surface area contributed by atoms with Gasteiger partial charge in [0.15, 0.2) is 0 Å². The summed E-state index contributed by atoms with van der Waals surface area (Å²) < 4.78 is 27.4. The second kappa shape index (κ2) is 7.66. The minimum absolute atomic E-state index is 0.0261. The van der Waals surface area contributed by atoms with E-state index in [0.717, 1.165) is 4.31 Å². The highest BCUT2D eigenvalue weighted by atomic mass is 79.9. The van der Waals surface area contributed by atoms with E-state index < -0.39 is 28.4 Å². The number of aliphatic carboxylic acids is 1. The lowest BCUT2D eigenvalue weighted by Gasteiger charge is -2.24. The normalized spacial score (nSPS) is 11.1. The van der Waals surface area contributed by atoms with E-state index in [2.05, 4.69) is 15.9 Å². The van der Waals surface area contributed by atoms with Crippen LogP contribution in [0.4, 0.5) is 5.69 Å². The first-order chi connectivity index (χ1) is 11.7. The van der Waals surface area contributed by atoms with Gasteiger partial charge in [-0.25, -0.2) is 13.2 Å². The predicted molar refractivity (Wildman–Crippen MR) is 94.3 cm³/mol. The molecule has 0 amide bonds.